The number of anilines is 1. The van der Waals surface area contributed by atoms with Gasteiger partial charge in [-0.1, -0.05) is 48.9 Å². The van der Waals surface area contributed by atoms with Crippen LogP contribution in [0, 0.1) is 0 Å². The van der Waals surface area contributed by atoms with Crippen molar-refractivity contribution in [3.05, 3.63) is 72.1 Å². The van der Waals surface area contributed by atoms with Crippen LogP contribution in [0.5, 0.6) is 0 Å². The number of benzene rings is 2. The summed E-state index contributed by atoms with van der Waals surface area (Å²) in [5, 5.41) is 10.8. The summed E-state index contributed by atoms with van der Waals surface area (Å²) in [7, 11) is 0. The van der Waals surface area contributed by atoms with Crippen molar-refractivity contribution in [2.24, 2.45) is 0 Å². The van der Waals surface area contributed by atoms with Crippen LogP contribution in [0.1, 0.15) is 35.8 Å². The summed E-state index contributed by atoms with van der Waals surface area (Å²) in [6, 6.07) is 17.5. The number of nitrogens with one attached hydrogen (secondary N) is 1. The van der Waals surface area contributed by atoms with Gasteiger partial charge in [0.15, 0.2) is 5.69 Å². The quantitative estimate of drug-likeness (QED) is 0.750. The third-order valence-electron chi connectivity index (χ3n) is 3.78. The highest BCUT2D eigenvalue weighted by Gasteiger charge is 2.11. The van der Waals surface area contributed by atoms with Crippen molar-refractivity contribution in [2.75, 3.05) is 5.32 Å². The lowest BCUT2D eigenvalue weighted by molar-refractivity contribution is 0.102. The summed E-state index contributed by atoms with van der Waals surface area (Å²) in [5.74, 6) is -0.265. The number of para-hydroxylation sites is 1. The molecule has 0 saturated heterocycles. The first-order valence-electron chi connectivity index (χ1n) is 8.14. The van der Waals surface area contributed by atoms with Gasteiger partial charge in [-0.15, -0.1) is 5.10 Å². The topological polar surface area (TPSA) is 59.8 Å². The number of amides is 1. The molecule has 5 nitrogen and oxygen atoms in total. The highest BCUT2D eigenvalue weighted by molar-refractivity contribution is 6.02. The third-order valence-corrected chi connectivity index (χ3v) is 3.78. The molecule has 0 bridgehead atoms. The zero-order valence-electron chi connectivity index (χ0n) is 13.6. The van der Waals surface area contributed by atoms with Gasteiger partial charge in [0.1, 0.15) is 0 Å². The average molecular weight is 320 g/mol. The Morgan fingerprint density at radius 2 is 1.83 bits per heavy atom. The Labute approximate surface area is 141 Å². The molecule has 3 rings (SSSR count). The Kier molecular flexibility index (Phi) is 5.01. The lowest BCUT2D eigenvalue weighted by Gasteiger charge is -2.05. The van der Waals surface area contributed by atoms with Crippen LogP contribution >= 0.6 is 0 Å². The third kappa shape index (κ3) is 3.87. The number of carbonyl (C=O) groups excluding carboxylic acids is 1. The Hall–Kier alpha value is -2.95. The minimum atomic E-state index is -0.265. The average Bonchev–Trinajstić information content (AvgIpc) is 3.12. The van der Waals surface area contributed by atoms with Gasteiger partial charge >= 0.3 is 0 Å². The number of carbonyl (C=O) groups is 1. The molecule has 0 spiro atoms. The maximum atomic E-state index is 12.3. The van der Waals surface area contributed by atoms with E-state index in [2.05, 4.69) is 22.6 Å². The zero-order valence-corrected chi connectivity index (χ0v) is 13.6. The standard InChI is InChI=1S/C19H20N4O/c1-2-3-7-15-10-12-16(13-11-15)20-19(24)18-14-23(22-21-18)17-8-5-4-6-9-17/h4-6,8-14H,2-3,7H2,1H3,(H,20,24). The first-order valence-corrected chi connectivity index (χ1v) is 8.14. The highest BCUT2D eigenvalue weighted by Crippen LogP contribution is 2.13. The Morgan fingerprint density at radius 1 is 1.08 bits per heavy atom. The van der Waals surface area contributed by atoms with Gasteiger partial charge in [0.05, 0.1) is 11.9 Å². The van der Waals surface area contributed by atoms with Crippen molar-refractivity contribution in [1.82, 2.24) is 15.0 Å². The lowest BCUT2D eigenvalue weighted by atomic mass is 10.1. The van der Waals surface area contributed by atoms with E-state index < -0.39 is 0 Å². The van der Waals surface area contributed by atoms with Crippen molar-refractivity contribution >= 4 is 11.6 Å². The van der Waals surface area contributed by atoms with Crippen LogP contribution in [0.15, 0.2) is 60.8 Å². The van der Waals surface area contributed by atoms with Crippen LogP contribution in [0.25, 0.3) is 5.69 Å². The molecule has 24 heavy (non-hydrogen) atoms. The molecule has 0 aliphatic rings. The molecule has 5 heteroatoms. The predicted molar refractivity (Wildman–Crippen MR) is 94.4 cm³/mol. The van der Waals surface area contributed by atoms with Crippen molar-refractivity contribution < 1.29 is 4.79 Å². The molecule has 0 saturated carbocycles. The van der Waals surface area contributed by atoms with Crippen molar-refractivity contribution in [2.45, 2.75) is 26.2 Å². The normalized spacial score (nSPS) is 10.5. The number of hydrogen-bond donors (Lipinski definition) is 1. The van der Waals surface area contributed by atoms with Gasteiger partial charge in [0.25, 0.3) is 5.91 Å². The number of aryl methyl sites for hydroxylation is 1. The van der Waals surface area contributed by atoms with E-state index in [1.807, 2.05) is 54.6 Å². The molecule has 122 valence electrons. The van der Waals surface area contributed by atoms with Gasteiger partial charge in [-0.3, -0.25) is 4.79 Å². The molecule has 1 amide bonds. The van der Waals surface area contributed by atoms with E-state index in [0.29, 0.717) is 0 Å². The van der Waals surface area contributed by atoms with Crippen LogP contribution in [0.3, 0.4) is 0 Å². The fourth-order valence-electron chi connectivity index (χ4n) is 2.41. The second kappa shape index (κ2) is 7.55. The number of unbranched alkanes of at least 4 members (excludes halogenated alkanes) is 1. The number of rotatable bonds is 6. The lowest BCUT2D eigenvalue weighted by Crippen LogP contribution is -2.12. The molecule has 1 N–H and O–H groups in total. The molecule has 1 aromatic heterocycles. The highest BCUT2D eigenvalue weighted by atomic mass is 16.2. The van der Waals surface area contributed by atoms with Crippen LogP contribution in [-0.4, -0.2) is 20.9 Å². The van der Waals surface area contributed by atoms with Gasteiger partial charge < -0.3 is 5.32 Å². The summed E-state index contributed by atoms with van der Waals surface area (Å²) < 4.78 is 1.59. The largest absolute Gasteiger partial charge is 0.321 e. The van der Waals surface area contributed by atoms with Gasteiger partial charge in [-0.05, 0) is 42.7 Å². The van der Waals surface area contributed by atoms with Crippen molar-refractivity contribution in [3.8, 4) is 5.69 Å². The van der Waals surface area contributed by atoms with Gasteiger partial charge in [0, 0.05) is 5.69 Å². The second-order valence-corrected chi connectivity index (χ2v) is 5.64. The number of hydrogen-bond acceptors (Lipinski definition) is 3. The van der Waals surface area contributed by atoms with Crippen molar-refractivity contribution in [3.63, 3.8) is 0 Å². The smallest absolute Gasteiger partial charge is 0.277 e. The Morgan fingerprint density at radius 3 is 2.54 bits per heavy atom. The fraction of sp³-hybridized carbons (Fsp3) is 0.211. The molecular formula is C19H20N4O. The first-order chi connectivity index (χ1) is 11.8. The molecule has 0 atom stereocenters. The summed E-state index contributed by atoms with van der Waals surface area (Å²) >= 11 is 0. The zero-order chi connectivity index (χ0) is 16.8. The molecule has 0 aliphatic heterocycles. The maximum Gasteiger partial charge on any atom is 0.277 e. The SMILES string of the molecule is CCCCc1ccc(NC(=O)c2cn(-c3ccccc3)nn2)cc1. The molecule has 0 aliphatic carbocycles. The number of aromatic nitrogens is 3. The van der Waals surface area contributed by atoms with Crippen molar-refractivity contribution in [1.29, 1.82) is 0 Å². The van der Waals surface area contributed by atoms with Crippen LogP contribution in [0.4, 0.5) is 5.69 Å². The van der Waals surface area contributed by atoms with Gasteiger partial charge in [-0.25, -0.2) is 4.68 Å². The van der Waals surface area contributed by atoms with E-state index in [1.54, 1.807) is 10.9 Å². The first kappa shape index (κ1) is 15.9. The molecule has 0 radical (unpaired) electrons. The second-order valence-electron chi connectivity index (χ2n) is 5.64. The predicted octanol–water partition coefficient (Wildman–Crippen LogP) is 3.86. The molecular weight excluding hydrogens is 300 g/mol. The Balaban J connectivity index is 1.66. The molecule has 2 aromatic carbocycles. The van der Waals surface area contributed by atoms with Crippen LogP contribution < -0.4 is 5.32 Å². The summed E-state index contributed by atoms with van der Waals surface area (Å²) in [5.41, 5.74) is 3.19. The van der Waals surface area contributed by atoms with Crippen LogP contribution in [-0.2, 0) is 6.42 Å². The summed E-state index contributed by atoms with van der Waals surface area (Å²) in [4.78, 5) is 12.3. The molecule has 3 aromatic rings. The minimum absolute atomic E-state index is 0.265. The molecule has 0 unspecified atom stereocenters. The number of nitrogens with zero attached hydrogens (tertiary/aromatic N) is 3. The van der Waals surface area contributed by atoms with Crippen LogP contribution in [0.2, 0.25) is 0 Å². The van der Waals surface area contributed by atoms with E-state index >= 15 is 0 Å². The van der Waals surface area contributed by atoms with Gasteiger partial charge in [0.2, 0.25) is 0 Å². The summed E-state index contributed by atoms with van der Waals surface area (Å²) in [6.45, 7) is 2.18. The fourth-order valence-corrected chi connectivity index (χ4v) is 2.41. The van der Waals surface area contributed by atoms with E-state index in [9.17, 15) is 4.79 Å². The molecule has 0 fully saturated rings. The monoisotopic (exact) mass is 320 g/mol. The van der Waals surface area contributed by atoms with Gasteiger partial charge in [-0.2, -0.15) is 0 Å². The van der Waals surface area contributed by atoms with E-state index in [1.165, 1.54) is 18.4 Å². The Bertz CT molecular complexity index is 794. The molecule has 1 heterocycles. The summed E-state index contributed by atoms with van der Waals surface area (Å²) in [6.07, 6.45) is 5.04. The maximum absolute atomic E-state index is 12.3. The van der Waals surface area contributed by atoms with E-state index in [-0.39, 0.29) is 11.6 Å². The van der Waals surface area contributed by atoms with E-state index in [0.717, 1.165) is 17.8 Å². The minimum Gasteiger partial charge on any atom is -0.321 e. The van der Waals surface area contributed by atoms with E-state index in [4.69, 9.17) is 0 Å².